The monoisotopic (exact) mass is 287 g/mol. The molecular weight excluding hydrogens is 274 g/mol. The first kappa shape index (κ1) is 11.4. The van der Waals surface area contributed by atoms with E-state index in [-0.39, 0.29) is 0 Å². The molecule has 0 radical (unpaired) electrons. The molecule has 0 amide bonds. The van der Waals surface area contributed by atoms with Crippen LogP contribution in [0.5, 0.6) is 0 Å². The van der Waals surface area contributed by atoms with Crippen molar-refractivity contribution in [2.24, 2.45) is 0 Å². The van der Waals surface area contributed by atoms with Crippen LogP contribution in [0.2, 0.25) is 0 Å². The molecule has 5 rings (SSSR count). The maximum absolute atomic E-state index is 3.59. The second kappa shape index (κ2) is 3.86. The van der Waals surface area contributed by atoms with E-state index >= 15 is 0 Å². The number of H-pyrrole nitrogens is 1. The summed E-state index contributed by atoms with van der Waals surface area (Å²) in [7, 11) is 0. The van der Waals surface area contributed by atoms with E-state index in [4.69, 9.17) is 0 Å². The average Bonchev–Trinajstić information content (AvgIpc) is 3.06. The Morgan fingerprint density at radius 2 is 1.62 bits per heavy atom. The Kier molecular flexibility index (Phi) is 2.09. The van der Waals surface area contributed by atoms with Crippen LogP contribution < -0.4 is 0 Å². The summed E-state index contributed by atoms with van der Waals surface area (Å²) in [5, 5.41) is 5.45. The summed E-state index contributed by atoms with van der Waals surface area (Å²) in [6.07, 6.45) is 0. The van der Waals surface area contributed by atoms with Crippen LogP contribution in [0.1, 0.15) is 5.56 Å². The van der Waals surface area contributed by atoms with Crippen LogP contribution in [0.15, 0.2) is 54.6 Å². The van der Waals surface area contributed by atoms with E-state index in [2.05, 4.69) is 66.5 Å². The van der Waals surface area contributed by atoms with Gasteiger partial charge in [-0.1, -0.05) is 36.4 Å². The highest BCUT2D eigenvalue weighted by Crippen LogP contribution is 2.42. The molecule has 0 spiro atoms. The molecule has 0 bridgehead atoms. The van der Waals surface area contributed by atoms with Crippen molar-refractivity contribution in [1.29, 1.82) is 0 Å². The maximum atomic E-state index is 3.59. The predicted octanol–water partition coefficient (Wildman–Crippen LogP) is 6.00. The lowest BCUT2D eigenvalue weighted by molar-refractivity contribution is 1.47. The van der Waals surface area contributed by atoms with Gasteiger partial charge in [0, 0.05) is 36.5 Å². The number of hydrogen-bond donors (Lipinski definition) is 1. The van der Waals surface area contributed by atoms with E-state index < -0.39 is 0 Å². The molecule has 0 saturated carbocycles. The molecule has 2 heteroatoms. The predicted molar refractivity (Wildman–Crippen MR) is 93.4 cm³/mol. The number of aromatic nitrogens is 1. The molecule has 5 aromatic rings. The van der Waals surface area contributed by atoms with Crippen LogP contribution in [0.3, 0.4) is 0 Å². The first-order chi connectivity index (χ1) is 10.3. The van der Waals surface area contributed by atoms with Gasteiger partial charge in [-0.15, -0.1) is 11.3 Å². The molecule has 21 heavy (non-hydrogen) atoms. The molecule has 2 aromatic heterocycles. The Morgan fingerprint density at radius 3 is 2.52 bits per heavy atom. The lowest BCUT2D eigenvalue weighted by atomic mass is 10.0. The molecule has 2 heterocycles. The Labute approximate surface area is 125 Å². The van der Waals surface area contributed by atoms with Crippen molar-refractivity contribution in [3.63, 3.8) is 0 Å². The highest BCUT2D eigenvalue weighted by Gasteiger charge is 2.14. The van der Waals surface area contributed by atoms with E-state index in [9.17, 15) is 0 Å². The van der Waals surface area contributed by atoms with Crippen LogP contribution in [0.25, 0.3) is 42.0 Å². The van der Waals surface area contributed by atoms with E-state index in [0.717, 1.165) is 0 Å². The SMILES string of the molecule is Cc1cc2c3ccccc3sc2c2c1[nH]c1ccccc12. The molecule has 0 aliphatic heterocycles. The molecule has 0 saturated heterocycles. The van der Waals surface area contributed by atoms with Gasteiger partial charge in [0.05, 0.1) is 5.52 Å². The number of para-hydroxylation sites is 1. The van der Waals surface area contributed by atoms with Gasteiger partial charge in [-0.2, -0.15) is 0 Å². The molecule has 0 unspecified atom stereocenters. The average molecular weight is 287 g/mol. The Hall–Kier alpha value is -2.32. The van der Waals surface area contributed by atoms with Crippen molar-refractivity contribution in [1.82, 2.24) is 4.98 Å². The normalized spacial score (nSPS) is 12.0. The lowest BCUT2D eigenvalue weighted by Crippen LogP contribution is -1.76. The second-order valence-electron chi connectivity index (χ2n) is 5.59. The summed E-state index contributed by atoms with van der Waals surface area (Å²) in [6, 6.07) is 19.6. The standard InChI is InChI=1S/C19H13NS/c1-11-10-14-12-6-3-5-9-16(12)21-19(14)17-13-7-2-4-8-15(13)20-18(11)17/h2-10,20H,1H3. The molecule has 1 N–H and O–H groups in total. The highest BCUT2D eigenvalue weighted by atomic mass is 32.1. The second-order valence-corrected chi connectivity index (χ2v) is 6.64. The zero-order chi connectivity index (χ0) is 14.0. The molecular formula is C19H13NS. The van der Waals surface area contributed by atoms with Crippen molar-refractivity contribution >= 4 is 53.3 Å². The minimum atomic E-state index is 1.22. The number of hydrogen-bond acceptors (Lipinski definition) is 1. The Morgan fingerprint density at radius 1 is 0.857 bits per heavy atom. The molecule has 1 nitrogen and oxygen atoms in total. The van der Waals surface area contributed by atoms with Gasteiger partial charge in [0.15, 0.2) is 0 Å². The fourth-order valence-electron chi connectivity index (χ4n) is 3.36. The van der Waals surface area contributed by atoms with Crippen LogP contribution >= 0.6 is 11.3 Å². The van der Waals surface area contributed by atoms with Crippen molar-refractivity contribution in [3.8, 4) is 0 Å². The third kappa shape index (κ3) is 1.40. The summed E-state index contributed by atoms with van der Waals surface area (Å²) in [5.74, 6) is 0. The Bertz CT molecular complexity index is 1140. The van der Waals surface area contributed by atoms with Crippen LogP contribution in [-0.4, -0.2) is 4.98 Å². The largest absolute Gasteiger partial charge is 0.354 e. The fraction of sp³-hybridized carbons (Fsp3) is 0.0526. The minimum Gasteiger partial charge on any atom is -0.354 e. The number of fused-ring (bicyclic) bond motifs is 7. The first-order valence-corrected chi connectivity index (χ1v) is 7.96. The topological polar surface area (TPSA) is 15.8 Å². The van der Waals surface area contributed by atoms with Gasteiger partial charge in [-0.3, -0.25) is 0 Å². The van der Waals surface area contributed by atoms with Crippen LogP contribution in [0.4, 0.5) is 0 Å². The third-order valence-electron chi connectivity index (χ3n) is 4.32. The minimum absolute atomic E-state index is 1.22. The van der Waals surface area contributed by atoms with Crippen molar-refractivity contribution in [2.75, 3.05) is 0 Å². The molecule has 0 fully saturated rings. The summed E-state index contributed by atoms with van der Waals surface area (Å²) in [5.41, 5.74) is 3.81. The zero-order valence-electron chi connectivity index (χ0n) is 11.6. The van der Waals surface area contributed by atoms with Gasteiger partial charge in [-0.05, 0) is 30.7 Å². The number of aryl methyl sites for hydroxylation is 1. The maximum Gasteiger partial charge on any atom is 0.0509 e. The number of nitrogens with one attached hydrogen (secondary N) is 1. The van der Waals surface area contributed by atoms with Crippen LogP contribution in [-0.2, 0) is 0 Å². The van der Waals surface area contributed by atoms with E-state index in [0.29, 0.717) is 0 Å². The quantitative estimate of drug-likeness (QED) is 0.359. The van der Waals surface area contributed by atoms with Crippen molar-refractivity contribution in [3.05, 3.63) is 60.2 Å². The number of benzene rings is 3. The molecule has 100 valence electrons. The highest BCUT2D eigenvalue weighted by molar-refractivity contribution is 7.26. The van der Waals surface area contributed by atoms with Gasteiger partial charge >= 0.3 is 0 Å². The van der Waals surface area contributed by atoms with Crippen LogP contribution in [0, 0.1) is 6.92 Å². The zero-order valence-corrected chi connectivity index (χ0v) is 12.4. The summed E-state index contributed by atoms with van der Waals surface area (Å²) in [6.45, 7) is 2.20. The molecule has 3 aromatic carbocycles. The number of rotatable bonds is 0. The molecule has 0 aliphatic rings. The van der Waals surface area contributed by atoms with E-state index in [1.54, 1.807) is 0 Å². The Balaban J connectivity index is 2.17. The van der Waals surface area contributed by atoms with Gasteiger partial charge in [0.25, 0.3) is 0 Å². The van der Waals surface area contributed by atoms with E-state index in [1.165, 1.54) is 47.5 Å². The lowest BCUT2D eigenvalue weighted by Gasteiger charge is -1.99. The van der Waals surface area contributed by atoms with E-state index in [1.807, 2.05) is 11.3 Å². The summed E-state index contributed by atoms with van der Waals surface area (Å²) >= 11 is 1.90. The molecule has 0 aliphatic carbocycles. The first-order valence-electron chi connectivity index (χ1n) is 7.14. The number of thiophene rings is 1. The van der Waals surface area contributed by atoms with Crippen molar-refractivity contribution in [2.45, 2.75) is 6.92 Å². The summed E-state index contributed by atoms with van der Waals surface area (Å²) < 4.78 is 2.76. The van der Waals surface area contributed by atoms with Gasteiger partial charge < -0.3 is 4.98 Å². The fourth-order valence-corrected chi connectivity index (χ4v) is 4.60. The number of aromatic amines is 1. The van der Waals surface area contributed by atoms with Gasteiger partial charge in [0.1, 0.15) is 0 Å². The van der Waals surface area contributed by atoms with Gasteiger partial charge in [-0.25, -0.2) is 0 Å². The third-order valence-corrected chi connectivity index (χ3v) is 5.53. The molecule has 0 atom stereocenters. The summed E-state index contributed by atoms with van der Waals surface area (Å²) in [4.78, 5) is 3.59. The van der Waals surface area contributed by atoms with Gasteiger partial charge in [0.2, 0.25) is 0 Å². The smallest absolute Gasteiger partial charge is 0.0509 e. The van der Waals surface area contributed by atoms with Crippen molar-refractivity contribution < 1.29 is 0 Å².